The zero-order chi connectivity index (χ0) is 13.1. The van der Waals surface area contributed by atoms with E-state index >= 15 is 0 Å². The van der Waals surface area contributed by atoms with Gasteiger partial charge in [-0.3, -0.25) is 0 Å². The molecule has 2 nitrogen and oxygen atoms in total. The number of hydrogen-bond acceptors (Lipinski definition) is 2. The molecule has 0 fully saturated rings. The summed E-state index contributed by atoms with van der Waals surface area (Å²) in [5.74, 6) is 0. The summed E-state index contributed by atoms with van der Waals surface area (Å²) in [5.41, 5.74) is 1.07. The summed E-state index contributed by atoms with van der Waals surface area (Å²) in [6, 6.07) is 5.58. The fourth-order valence-corrected chi connectivity index (χ4v) is 1.88. The van der Waals surface area contributed by atoms with Crippen molar-refractivity contribution in [2.45, 2.75) is 25.9 Å². The summed E-state index contributed by atoms with van der Waals surface area (Å²) in [6.07, 6.45) is 0. The second-order valence-electron chi connectivity index (χ2n) is 5.01. The Hall–Kier alpha value is -0.280. The minimum Gasteiger partial charge on any atom is -0.311 e. The SMILES string of the molecule is CN(C)C(C)(C)CNCc1c(Cl)cccc1Cl. The van der Waals surface area contributed by atoms with E-state index in [4.69, 9.17) is 23.2 Å². The lowest BCUT2D eigenvalue weighted by Crippen LogP contribution is -2.46. The molecule has 0 atom stereocenters. The molecular formula is C13H20Cl2N2. The van der Waals surface area contributed by atoms with E-state index in [1.54, 1.807) is 0 Å². The number of nitrogens with zero attached hydrogens (tertiary/aromatic N) is 1. The standard InChI is InChI=1S/C13H20Cl2N2/c1-13(2,17(3)4)9-16-8-10-11(14)6-5-7-12(10)15/h5-7,16H,8-9H2,1-4H3. The first-order valence-corrected chi connectivity index (χ1v) is 6.41. The summed E-state index contributed by atoms with van der Waals surface area (Å²) < 4.78 is 0. The summed E-state index contributed by atoms with van der Waals surface area (Å²) in [6.45, 7) is 5.94. The van der Waals surface area contributed by atoms with Crippen molar-refractivity contribution in [3.8, 4) is 0 Å². The van der Waals surface area contributed by atoms with E-state index in [1.807, 2.05) is 18.2 Å². The molecule has 1 aromatic carbocycles. The predicted molar refractivity (Wildman–Crippen MR) is 75.9 cm³/mol. The van der Waals surface area contributed by atoms with Crippen LogP contribution in [0.4, 0.5) is 0 Å². The second kappa shape index (κ2) is 6.05. The van der Waals surface area contributed by atoms with Gasteiger partial charge in [0.15, 0.2) is 0 Å². The van der Waals surface area contributed by atoms with E-state index in [0.29, 0.717) is 16.6 Å². The topological polar surface area (TPSA) is 15.3 Å². The molecule has 0 bridgehead atoms. The second-order valence-corrected chi connectivity index (χ2v) is 5.83. The van der Waals surface area contributed by atoms with Crippen LogP contribution in [0, 0.1) is 0 Å². The van der Waals surface area contributed by atoms with Crippen molar-refractivity contribution in [2.75, 3.05) is 20.6 Å². The van der Waals surface area contributed by atoms with Gasteiger partial charge in [-0.2, -0.15) is 0 Å². The van der Waals surface area contributed by atoms with E-state index in [-0.39, 0.29) is 5.54 Å². The van der Waals surface area contributed by atoms with Gasteiger partial charge in [0.05, 0.1) is 0 Å². The van der Waals surface area contributed by atoms with Crippen LogP contribution in [0.2, 0.25) is 10.0 Å². The number of likely N-dealkylation sites (N-methyl/N-ethyl adjacent to an activating group) is 1. The van der Waals surface area contributed by atoms with Crippen LogP contribution in [0.3, 0.4) is 0 Å². The van der Waals surface area contributed by atoms with Gasteiger partial charge in [-0.25, -0.2) is 0 Å². The Morgan fingerprint density at radius 1 is 1.18 bits per heavy atom. The van der Waals surface area contributed by atoms with Gasteiger partial charge >= 0.3 is 0 Å². The van der Waals surface area contributed by atoms with Gasteiger partial charge in [0, 0.05) is 34.2 Å². The number of nitrogens with one attached hydrogen (secondary N) is 1. The summed E-state index contributed by atoms with van der Waals surface area (Å²) in [5, 5.41) is 4.83. The predicted octanol–water partition coefficient (Wildman–Crippen LogP) is 3.42. The molecule has 0 saturated carbocycles. The Bertz CT molecular complexity index is 355. The average molecular weight is 275 g/mol. The van der Waals surface area contributed by atoms with E-state index in [9.17, 15) is 0 Å². The minimum atomic E-state index is 0.105. The number of benzene rings is 1. The highest BCUT2D eigenvalue weighted by Crippen LogP contribution is 2.24. The number of rotatable bonds is 5. The summed E-state index contributed by atoms with van der Waals surface area (Å²) >= 11 is 12.2. The van der Waals surface area contributed by atoms with Gasteiger partial charge in [0.1, 0.15) is 0 Å². The first-order valence-electron chi connectivity index (χ1n) is 5.65. The van der Waals surface area contributed by atoms with E-state index < -0.39 is 0 Å². The monoisotopic (exact) mass is 274 g/mol. The van der Waals surface area contributed by atoms with Crippen LogP contribution in [0.5, 0.6) is 0 Å². The third-order valence-corrected chi connectivity index (χ3v) is 3.84. The van der Waals surface area contributed by atoms with Crippen molar-refractivity contribution >= 4 is 23.2 Å². The van der Waals surface area contributed by atoms with Crippen molar-refractivity contribution in [1.29, 1.82) is 0 Å². The Balaban J connectivity index is 2.57. The number of halogens is 2. The molecule has 1 aromatic rings. The van der Waals surface area contributed by atoms with Crippen LogP contribution in [0.1, 0.15) is 19.4 Å². The smallest absolute Gasteiger partial charge is 0.0465 e. The maximum Gasteiger partial charge on any atom is 0.0465 e. The molecule has 17 heavy (non-hydrogen) atoms. The zero-order valence-corrected chi connectivity index (χ0v) is 12.4. The molecule has 0 aromatic heterocycles. The van der Waals surface area contributed by atoms with Crippen molar-refractivity contribution in [3.63, 3.8) is 0 Å². The van der Waals surface area contributed by atoms with Crippen molar-refractivity contribution in [2.24, 2.45) is 0 Å². The third-order valence-electron chi connectivity index (χ3n) is 3.13. The van der Waals surface area contributed by atoms with Crippen molar-refractivity contribution in [3.05, 3.63) is 33.8 Å². The molecule has 4 heteroatoms. The molecule has 1 N–H and O–H groups in total. The van der Waals surface area contributed by atoms with E-state index in [0.717, 1.165) is 12.1 Å². The maximum atomic E-state index is 6.11. The molecular weight excluding hydrogens is 255 g/mol. The van der Waals surface area contributed by atoms with Crippen LogP contribution in [0.15, 0.2) is 18.2 Å². The van der Waals surface area contributed by atoms with Gasteiger partial charge in [-0.05, 0) is 40.1 Å². The quantitative estimate of drug-likeness (QED) is 0.885. The Kier molecular flexibility index (Phi) is 5.26. The zero-order valence-electron chi connectivity index (χ0n) is 10.8. The van der Waals surface area contributed by atoms with Crippen LogP contribution in [-0.4, -0.2) is 31.1 Å². The Labute approximate surface area is 114 Å². The van der Waals surface area contributed by atoms with Crippen LogP contribution in [0.25, 0.3) is 0 Å². The Morgan fingerprint density at radius 3 is 2.18 bits per heavy atom. The molecule has 0 amide bonds. The van der Waals surface area contributed by atoms with E-state index in [2.05, 4.69) is 38.2 Å². The maximum absolute atomic E-state index is 6.11. The van der Waals surface area contributed by atoms with Crippen molar-refractivity contribution < 1.29 is 0 Å². The average Bonchev–Trinajstić information content (AvgIpc) is 2.22. The van der Waals surface area contributed by atoms with Crippen LogP contribution >= 0.6 is 23.2 Å². The molecule has 0 aliphatic carbocycles. The van der Waals surface area contributed by atoms with Gasteiger partial charge in [0.25, 0.3) is 0 Å². The molecule has 0 unspecified atom stereocenters. The molecule has 96 valence electrons. The van der Waals surface area contributed by atoms with Crippen LogP contribution < -0.4 is 5.32 Å². The fourth-order valence-electron chi connectivity index (χ4n) is 1.35. The third kappa shape index (κ3) is 4.14. The molecule has 0 aliphatic heterocycles. The highest BCUT2D eigenvalue weighted by atomic mass is 35.5. The van der Waals surface area contributed by atoms with Gasteiger partial charge in [-0.15, -0.1) is 0 Å². The largest absolute Gasteiger partial charge is 0.311 e. The highest BCUT2D eigenvalue weighted by molar-refractivity contribution is 6.35. The molecule has 1 rings (SSSR count). The molecule has 0 heterocycles. The number of hydrogen-bond donors (Lipinski definition) is 1. The summed E-state index contributed by atoms with van der Waals surface area (Å²) in [7, 11) is 4.15. The van der Waals surface area contributed by atoms with Gasteiger partial charge < -0.3 is 10.2 Å². The lowest BCUT2D eigenvalue weighted by Gasteiger charge is -2.32. The molecule has 0 aliphatic rings. The normalized spacial score (nSPS) is 12.2. The van der Waals surface area contributed by atoms with Crippen LogP contribution in [-0.2, 0) is 6.54 Å². The van der Waals surface area contributed by atoms with Crippen molar-refractivity contribution in [1.82, 2.24) is 10.2 Å². The van der Waals surface area contributed by atoms with E-state index in [1.165, 1.54) is 0 Å². The fraction of sp³-hybridized carbons (Fsp3) is 0.538. The minimum absolute atomic E-state index is 0.105. The first kappa shape index (κ1) is 14.8. The summed E-state index contributed by atoms with van der Waals surface area (Å²) in [4.78, 5) is 2.19. The van der Waals surface area contributed by atoms with Gasteiger partial charge in [-0.1, -0.05) is 29.3 Å². The highest BCUT2D eigenvalue weighted by Gasteiger charge is 2.19. The lowest BCUT2D eigenvalue weighted by atomic mass is 10.0. The lowest BCUT2D eigenvalue weighted by molar-refractivity contribution is 0.190. The molecule has 0 spiro atoms. The molecule has 0 radical (unpaired) electrons. The van der Waals surface area contributed by atoms with Gasteiger partial charge in [0.2, 0.25) is 0 Å². The first-order chi connectivity index (χ1) is 7.84. The Morgan fingerprint density at radius 2 is 1.71 bits per heavy atom. The molecule has 0 saturated heterocycles.